The molecule has 16 heavy (non-hydrogen) atoms. The van der Waals surface area contributed by atoms with Crippen molar-refractivity contribution in [1.29, 1.82) is 0 Å². The van der Waals surface area contributed by atoms with E-state index in [2.05, 4.69) is 83.7 Å². The van der Waals surface area contributed by atoms with Gasteiger partial charge in [-0.25, -0.2) is 9.97 Å². The second-order valence-electron chi connectivity index (χ2n) is 3.69. The molecule has 84 valence electrons. The molecule has 0 atom stereocenters. The summed E-state index contributed by atoms with van der Waals surface area (Å²) in [7, 11) is 0. The summed E-state index contributed by atoms with van der Waals surface area (Å²) < 4.78 is -0.556. The third-order valence-corrected chi connectivity index (χ3v) is 3.51. The standard InChI is InChI=1S/C11H9Br3N2/c1-6-3-8-5-15-10(11(12,13)14)16-9(8)4-7(6)2/h3-5H,1-2H3. The van der Waals surface area contributed by atoms with E-state index >= 15 is 0 Å². The average molecular weight is 409 g/mol. The van der Waals surface area contributed by atoms with E-state index in [9.17, 15) is 0 Å². The molecule has 0 amide bonds. The van der Waals surface area contributed by atoms with Crippen molar-refractivity contribution < 1.29 is 0 Å². The predicted molar refractivity (Wildman–Crippen MR) is 77.5 cm³/mol. The lowest BCUT2D eigenvalue weighted by molar-refractivity contribution is 1.05. The summed E-state index contributed by atoms with van der Waals surface area (Å²) in [6, 6.07) is 4.18. The highest BCUT2D eigenvalue weighted by molar-refractivity contribution is 9.38. The highest BCUT2D eigenvalue weighted by Gasteiger charge is 2.24. The number of alkyl halides is 3. The lowest BCUT2D eigenvalue weighted by atomic mass is 10.1. The average Bonchev–Trinajstić information content (AvgIpc) is 2.17. The van der Waals surface area contributed by atoms with Gasteiger partial charge in [0.15, 0.2) is 7.97 Å². The number of benzene rings is 1. The van der Waals surface area contributed by atoms with Crippen LogP contribution in [0.4, 0.5) is 0 Å². The van der Waals surface area contributed by atoms with E-state index in [1.165, 1.54) is 11.1 Å². The molecule has 0 aliphatic carbocycles. The highest BCUT2D eigenvalue weighted by atomic mass is 80.0. The molecular formula is C11H9Br3N2. The maximum Gasteiger partial charge on any atom is 0.193 e. The van der Waals surface area contributed by atoms with Gasteiger partial charge in [0.05, 0.1) is 5.52 Å². The third-order valence-electron chi connectivity index (χ3n) is 2.45. The smallest absolute Gasteiger partial charge is 0.193 e. The Morgan fingerprint density at radius 1 is 1.06 bits per heavy atom. The van der Waals surface area contributed by atoms with Gasteiger partial charge in [-0.3, -0.25) is 0 Å². The van der Waals surface area contributed by atoms with Gasteiger partial charge < -0.3 is 0 Å². The number of nitrogens with zero attached hydrogens (tertiary/aromatic N) is 2. The molecule has 0 aliphatic heterocycles. The lowest BCUT2D eigenvalue weighted by Gasteiger charge is -2.11. The Morgan fingerprint density at radius 3 is 2.31 bits per heavy atom. The number of hydrogen-bond donors (Lipinski definition) is 0. The molecular weight excluding hydrogens is 400 g/mol. The molecule has 0 bridgehead atoms. The molecule has 2 aromatic rings. The van der Waals surface area contributed by atoms with E-state index < -0.39 is 2.14 Å². The highest BCUT2D eigenvalue weighted by Crippen LogP contribution is 2.42. The minimum absolute atomic E-state index is 0.556. The van der Waals surface area contributed by atoms with Crippen LogP contribution in [-0.4, -0.2) is 9.97 Å². The Labute approximate surface area is 119 Å². The van der Waals surface area contributed by atoms with E-state index in [0.717, 1.165) is 10.9 Å². The molecule has 2 rings (SSSR count). The van der Waals surface area contributed by atoms with Crippen LogP contribution in [-0.2, 0) is 2.14 Å². The van der Waals surface area contributed by atoms with Crippen LogP contribution >= 0.6 is 47.8 Å². The van der Waals surface area contributed by atoms with Crippen molar-refractivity contribution in [2.75, 3.05) is 0 Å². The van der Waals surface area contributed by atoms with Crippen LogP contribution in [0.3, 0.4) is 0 Å². The molecule has 0 radical (unpaired) electrons. The SMILES string of the molecule is Cc1cc2cnc(C(Br)(Br)Br)nc2cc1C. The van der Waals surface area contributed by atoms with E-state index in [1.54, 1.807) is 0 Å². The molecule has 1 aromatic carbocycles. The minimum Gasteiger partial charge on any atom is -0.237 e. The van der Waals surface area contributed by atoms with E-state index in [-0.39, 0.29) is 0 Å². The first-order valence-electron chi connectivity index (χ1n) is 4.69. The predicted octanol–water partition coefficient (Wildman–Crippen LogP) is 4.54. The number of hydrogen-bond acceptors (Lipinski definition) is 2. The molecule has 2 nitrogen and oxygen atoms in total. The Morgan fingerprint density at radius 2 is 1.69 bits per heavy atom. The van der Waals surface area contributed by atoms with Gasteiger partial charge in [0.25, 0.3) is 0 Å². The fourth-order valence-corrected chi connectivity index (χ4v) is 2.01. The number of fused-ring (bicyclic) bond motifs is 1. The van der Waals surface area contributed by atoms with Crippen molar-refractivity contribution >= 4 is 58.7 Å². The summed E-state index contributed by atoms with van der Waals surface area (Å²) in [5.41, 5.74) is 3.45. The number of rotatable bonds is 0. The van der Waals surface area contributed by atoms with Gasteiger partial charge in [0.2, 0.25) is 0 Å². The first kappa shape index (κ1) is 12.5. The molecule has 0 N–H and O–H groups in total. The van der Waals surface area contributed by atoms with Crippen molar-refractivity contribution in [3.8, 4) is 0 Å². The topological polar surface area (TPSA) is 25.8 Å². The molecule has 0 unspecified atom stereocenters. The summed E-state index contributed by atoms with van der Waals surface area (Å²) in [5.74, 6) is 0.656. The van der Waals surface area contributed by atoms with Crippen LogP contribution in [0.25, 0.3) is 10.9 Å². The molecule has 0 saturated carbocycles. The first-order valence-corrected chi connectivity index (χ1v) is 7.07. The quantitative estimate of drug-likeness (QED) is 0.598. The molecule has 5 heteroatoms. The summed E-state index contributed by atoms with van der Waals surface area (Å²) in [5, 5.41) is 1.06. The lowest BCUT2D eigenvalue weighted by Crippen LogP contribution is -2.05. The number of aromatic nitrogens is 2. The van der Waals surface area contributed by atoms with Crippen molar-refractivity contribution in [1.82, 2.24) is 9.97 Å². The van der Waals surface area contributed by atoms with Crippen LogP contribution < -0.4 is 0 Å². The van der Waals surface area contributed by atoms with Gasteiger partial charge in [0.1, 0.15) is 0 Å². The number of halogens is 3. The zero-order chi connectivity index (χ0) is 11.9. The molecule has 0 fully saturated rings. The third kappa shape index (κ3) is 2.46. The Hall–Kier alpha value is -0.0000000000000000555. The monoisotopic (exact) mass is 406 g/mol. The molecule has 1 heterocycles. The molecule has 1 aromatic heterocycles. The van der Waals surface area contributed by atoms with Gasteiger partial charge in [-0.2, -0.15) is 0 Å². The maximum absolute atomic E-state index is 4.50. The fourth-order valence-electron chi connectivity index (χ4n) is 1.43. The zero-order valence-electron chi connectivity index (χ0n) is 8.76. The number of aryl methyl sites for hydroxylation is 2. The van der Waals surface area contributed by atoms with Crippen LogP contribution in [0, 0.1) is 13.8 Å². The van der Waals surface area contributed by atoms with Gasteiger partial charge in [-0.05, 0) is 37.1 Å². The van der Waals surface area contributed by atoms with Crippen LogP contribution in [0.5, 0.6) is 0 Å². The van der Waals surface area contributed by atoms with Crippen molar-refractivity contribution in [3.63, 3.8) is 0 Å². The molecule has 0 aliphatic rings. The minimum atomic E-state index is -0.556. The van der Waals surface area contributed by atoms with Gasteiger partial charge in [0, 0.05) is 11.6 Å². The van der Waals surface area contributed by atoms with E-state index in [1.807, 2.05) is 6.20 Å². The molecule has 0 saturated heterocycles. The van der Waals surface area contributed by atoms with Crippen LogP contribution in [0.15, 0.2) is 18.3 Å². The second-order valence-corrected chi connectivity index (χ2v) is 10.4. The maximum atomic E-state index is 4.50. The van der Waals surface area contributed by atoms with Crippen molar-refractivity contribution in [2.45, 2.75) is 16.0 Å². The Balaban J connectivity index is 2.67. The van der Waals surface area contributed by atoms with Crippen LogP contribution in [0.1, 0.15) is 17.0 Å². The second kappa shape index (κ2) is 4.35. The van der Waals surface area contributed by atoms with Crippen molar-refractivity contribution in [2.24, 2.45) is 0 Å². The van der Waals surface area contributed by atoms with Gasteiger partial charge in [-0.1, -0.05) is 47.8 Å². The van der Waals surface area contributed by atoms with Crippen molar-refractivity contribution in [3.05, 3.63) is 35.3 Å². The Bertz CT molecular complexity index is 547. The fraction of sp³-hybridized carbons (Fsp3) is 0.273. The van der Waals surface area contributed by atoms with E-state index in [0.29, 0.717) is 5.82 Å². The largest absolute Gasteiger partial charge is 0.237 e. The normalized spacial score (nSPS) is 12.1. The van der Waals surface area contributed by atoms with E-state index in [4.69, 9.17) is 0 Å². The zero-order valence-corrected chi connectivity index (χ0v) is 13.5. The summed E-state index contributed by atoms with van der Waals surface area (Å²) in [6.45, 7) is 4.17. The summed E-state index contributed by atoms with van der Waals surface area (Å²) in [4.78, 5) is 8.79. The Kier molecular flexibility index (Phi) is 3.39. The summed E-state index contributed by atoms with van der Waals surface area (Å²) in [6.07, 6.45) is 1.84. The van der Waals surface area contributed by atoms with Crippen LogP contribution in [0.2, 0.25) is 0 Å². The summed E-state index contributed by atoms with van der Waals surface area (Å²) >= 11 is 10.2. The van der Waals surface area contributed by atoms with Gasteiger partial charge in [-0.15, -0.1) is 0 Å². The molecule has 0 spiro atoms. The first-order chi connectivity index (χ1) is 7.38. The van der Waals surface area contributed by atoms with Gasteiger partial charge >= 0.3 is 0 Å².